The van der Waals surface area contributed by atoms with Crippen molar-refractivity contribution < 1.29 is 4.79 Å². The Bertz CT molecular complexity index is 738. The first-order chi connectivity index (χ1) is 9.72. The van der Waals surface area contributed by atoms with Crippen LogP contribution >= 0.6 is 22.7 Å². The number of nitrogens with one attached hydrogen (secondary N) is 1. The minimum atomic E-state index is -0.320. The minimum absolute atomic E-state index is 0.310. The zero-order chi connectivity index (χ0) is 13.9. The van der Waals surface area contributed by atoms with Gasteiger partial charge >= 0.3 is 0 Å². The van der Waals surface area contributed by atoms with Crippen LogP contribution in [0.1, 0.15) is 15.5 Å². The summed E-state index contributed by atoms with van der Waals surface area (Å²) in [5, 5.41) is 13.8. The highest BCUT2D eigenvalue weighted by molar-refractivity contribution is 7.15. The summed E-state index contributed by atoms with van der Waals surface area (Å²) in [6.45, 7) is 1.82. The van der Waals surface area contributed by atoms with Gasteiger partial charge in [-0.1, -0.05) is 11.3 Å². The smallest absolute Gasteiger partial charge is 0.276 e. The van der Waals surface area contributed by atoms with Crippen LogP contribution in [0.4, 0.5) is 5.13 Å². The van der Waals surface area contributed by atoms with Crippen LogP contribution in [0.3, 0.4) is 0 Å². The van der Waals surface area contributed by atoms with Gasteiger partial charge in [0.2, 0.25) is 5.13 Å². The van der Waals surface area contributed by atoms with Gasteiger partial charge in [-0.2, -0.15) is 0 Å². The Kier molecular flexibility index (Phi) is 3.44. The lowest BCUT2D eigenvalue weighted by Gasteiger charge is -1.96. The number of rotatable bonds is 3. The van der Waals surface area contributed by atoms with Crippen LogP contribution in [0.2, 0.25) is 0 Å². The second kappa shape index (κ2) is 5.39. The van der Waals surface area contributed by atoms with Crippen LogP contribution in [0.5, 0.6) is 0 Å². The van der Waals surface area contributed by atoms with Crippen LogP contribution in [0.25, 0.3) is 10.8 Å². The van der Waals surface area contributed by atoms with Crippen molar-refractivity contribution in [2.45, 2.75) is 6.92 Å². The normalized spacial score (nSPS) is 10.4. The molecule has 7 nitrogen and oxygen atoms in total. The third-order valence-corrected chi connectivity index (χ3v) is 3.83. The van der Waals surface area contributed by atoms with Gasteiger partial charge in [0.1, 0.15) is 10.7 Å². The van der Waals surface area contributed by atoms with E-state index >= 15 is 0 Å². The molecule has 0 aliphatic rings. The van der Waals surface area contributed by atoms with Crippen molar-refractivity contribution in [1.29, 1.82) is 0 Å². The summed E-state index contributed by atoms with van der Waals surface area (Å²) >= 11 is 2.63. The molecule has 0 bridgehead atoms. The Balaban J connectivity index is 1.78. The number of carbonyl (C=O) groups excluding carboxylic acids is 1. The van der Waals surface area contributed by atoms with Crippen LogP contribution in [0, 0.1) is 6.92 Å². The molecule has 0 aromatic carbocycles. The molecule has 9 heteroatoms. The summed E-state index contributed by atoms with van der Waals surface area (Å²) < 4.78 is 0. The van der Waals surface area contributed by atoms with E-state index in [9.17, 15) is 4.79 Å². The molecule has 0 radical (unpaired) electrons. The fraction of sp³-hybridized carbons (Fsp3) is 0.0909. The number of aromatic nitrogens is 5. The average Bonchev–Trinajstić information content (AvgIpc) is 3.09. The van der Waals surface area contributed by atoms with E-state index in [0.717, 1.165) is 5.01 Å². The van der Waals surface area contributed by atoms with E-state index in [2.05, 4.69) is 30.5 Å². The molecule has 0 saturated heterocycles. The van der Waals surface area contributed by atoms with Crippen molar-refractivity contribution >= 4 is 33.7 Å². The van der Waals surface area contributed by atoms with Gasteiger partial charge in [-0.15, -0.1) is 21.5 Å². The molecular weight excluding hydrogens is 296 g/mol. The van der Waals surface area contributed by atoms with E-state index < -0.39 is 0 Å². The molecule has 3 aromatic rings. The summed E-state index contributed by atoms with van der Waals surface area (Å²) in [6.07, 6.45) is 3.26. The SMILES string of the molecule is Cc1nnc(NC(=O)c2csc(-c3ncccn3)n2)s1. The molecule has 3 aromatic heterocycles. The summed E-state index contributed by atoms with van der Waals surface area (Å²) in [5.41, 5.74) is 0.310. The lowest BCUT2D eigenvalue weighted by molar-refractivity contribution is 0.102. The molecule has 0 aliphatic carbocycles. The number of anilines is 1. The molecule has 0 fully saturated rings. The highest BCUT2D eigenvalue weighted by Crippen LogP contribution is 2.21. The summed E-state index contributed by atoms with van der Waals surface area (Å²) in [4.78, 5) is 24.4. The van der Waals surface area contributed by atoms with Gasteiger partial charge in [0.15, 0.2) is 10.8 Å². The first kappa shape index (κ1) is 12.8. The van der Waals surface area contributed by atoms with Crippen molar-refractivity contribution in [1.82, 2.24) is 25.1 Å². The second-order valence-corrected chi connectivity index (χ2v) is 5.73. The topological polar surface area (TPSA) is 93.6 Å². The molecule has 0 saturated carbocycles. The third-order valence-electron chi connectivity index (χ3n) is 2.24. The number of amides is 1. The molecule has 1 amide bonds. The fourth-order valence-electron chi connectivity index (χ4n) is 1.40. The van der Waals surface area contributed by atoms with Crippen LogP contribution < -0.4 is 5.32 Å². The maximum Gasteiger partial charge on any atom is 0.276 e. The Morgan fingerprint density at radius 2 is 2.05 bits per heavy atom. The van der Waals surface area contributed by atoms with Gasteiger partial charge in [0.25, 0.3) is 5.91 Å². The Labute approximate surface area is 121 Å². The molecular formula is C11H8N6OS2. The maximum absolute atomic E-state index is 12.0. The highest BCUT2D eigenvalue weighted by Gasteiger charge is 2.14. The minimum Gasteiger partial charge on any atom is -0.295 e. The zero-order valence-corrected chi connectivity index (χ0v) is 11.9. The number of hydrogen-bond donors (Lipinski definition) is 1. The molecule has 3 heterocycles. The van der Waals surface area contributed by atoms with Crippen LogP contribution in [-0.4, -0.2) is 31.1 Å². The summed E-state index contributed by atoms with van der Waals surface area (Å²) in [7, 11) is 0. The molecule has 0 aliphatic heterocycles. The van der Waals surface area contributed by atoms with E-state index in [-0.39, 0.29) is 5.91 Å². The maximum atomic E-state index is 12.0. The first-order valence-corrected chi connectivity index (χ1v) is 7.26. The molecule has 0 atom stereocenters. The van der Waals surface area contributed by atoms with E-state index in [1.165, 1.54) is 22.7 Å². The van der Waals surface area contributed by atoms with Gasteiger partial charge in [-0.3, -0.25) is 10.1 Å². The quantitative estimate of drug-likeness (QED) is 0.795. The van der Waals surface area contributed by atoms with Gasteiger partial charge in [0, 0.05) is 17.8 Å². The standard InChI is InChI=1S/C11H8N6OS2/c1-6-16-17-11(20-6)15-9(18)7-5-19-10(14-7)8-12-3-2-4-13-8/h2-5H,1H3,(H,15,17,18). The molecule has 1 N–H and O–H groups in total. The average molecular weight is 304 g/mol. The van der Waals surface area contributed by atoms with Crippen LogP contribution in [-0.2, 0) is 0 Å². The fourth-order valence-corrected chi connectivity index (χ4v) is 2.73. The molecule has 20 heavy (non-hydrogen) atoms. The summed E-state index contributed by atoms with van der Waals surface area (Å²) in [6, 6.07) is 1.72. The Morgan fingerprint density at radius 1 is 1.25 bits per heavy atom. The zero-order valence-electron chi connectivity index (χ0n) is 10.3. The third kappa shape index (κ3) is 2.68. The number of aryl methyl sites for hydroxylation is 1. The number of hydrogen-bond acceptors (Lipinski definition) is 8. The molecule has 0 unspecified atom stereocenters. The molecule has 0 spiro atoms. The highest BCUT2D eigenvalue weighted by atomic mass is 32.1. The largest absolute Gasteiger partial charge is 0.295 e. The first-order valence-electron chi connectivity index (χ1n) is 5.57. The van der Waals surface area contributed by atoms with Gasteiger partial charge in [0.05, 0.1) is 0 Å². The number of nitrogens with zero attached hydrogens (tertiary/aromatic N) is 5. The van der Waals surface area contributed by atoms with Crippen molar-refractivity contribution in [3.05, 3.63) is 34.5 Å². The number of carbonyl (C=O) groups is 1. The van der Waals surface area contributed by atoms with Crippen molar-refractivity contribution in [2.75, 3.05) is 5.32 Å². The summed E-state index contributed by atoms with van der Waals surface area (Å²) in [5.74, 6) is 0.183. The van der Waals surface area contributed by atoms with E-state index in [1.54, 1.807) is 23.8 Å². The van der Waals surface area contributed by atoms with Crippen molar-refractivity contribution in [3.8, 4) is 10.8 Å². The second-order valence-electron chi connectivity index (χ2n) is 3.69. The Hall–Kier alpha value is -2.26. The monoisotopic (exact) mass is 304 g/mol. The van der Waals surface area contributed by atoms with Gasteiger partial charge in [-0.25, -0.2) is 15.0 Å². The predicted molar refractivity (Wildman–Crippen MR) is 75.7 cm³/mol. The lowest BCUT2D eigenvalue weighted by atomic mass is 10.4. The lowest BCUT2D eigenvalue weighted by Crippen LogP contribution is -2.12. The molecule has 100 valence electrons. The van der Waals surface area contributed by atoms with E-state index in [1.807, 2.05) is 6.92 Å². The van der Waals surface area contributed by atoms with Gasteiger partial charge in [-0.05, 0) is 13.0 Å². The van der Waals surface area contributed by atoms with E-state index in [0.29, 0.717) is 21.7 Å². The van der Waals surface area contributed by atoms with E-state index in [4.69, 9.17) is 0 Å². The number of thiazole rings is 1. The van der Waals surface area contributed by atoms with Crippen LogP contribution in [0.15, 0.2) is 23.8 Å². The predicted octanol–water partition coefficient (Wildman–Crippen LogP) is 2.01. The molecule has 3 rings (SSSR count). The van der Waals surface area contributed by atoms with Crippen molar-refractivity contribution in [3.63, 3.8) is 0 Å². The van der Waals surface area contributed by atoms with Gasteiger partial charge < -0.3 is 0 Å². The van der Waals surface area contributed by atoms with Crippen molar-refractivity contribution in [2.24, 2.45) is 0 Å². The Morgan fingerprint density at radius 3 is 2.75 bits per heavy atom.